The number of nitrogens with zero attached hydrogens (tertiary/aromatic N) is 2. The molecule has 2 rings (SSSR count). The normalized spacial score (nSPS) is 25.0. The zero-order chi connectivity index (χ0) is 16.5. The number of hydrazone groups is 1. The van der Waals surface area contributed by atoms with Gasteiger partial charge in [-0.25, -0.2) is 13.4 Å². The highest BCUT2D eigenvalue weighted by Crippen LogP contribution is 2.22. The number of rotatable bonds is 3. The van der Waals surface area contributed by atoms with Gasteiger partial charge in [-0.1, -0.05) is 0 Å². The summed E-state index contributed by atoms with van der Waals surface area (Å²) in [7, 11) is -3.25. The highest BCUT2D eigenvalue weighted by Gasteiger charge is 2.37. The number of nitrogens with one attached hydrogen (secondary N) is 1. The van der Waals surface area contributed by atoms with Gasteiger partial charge in [-0.3, -0.25) is 9.59 Å². The molecule has 1 saturated heterocycles. The van der Waals surface area contributed by atoms with Crippen LogP contribution in [0.1, 0.15) is 19.3 Å². The van der Waals surface area contributed by atoms with Crippen LogP contribution >= 0.6 is 0 Å². The van der Waals surface area contributed by atoms with E-state index in [9.17, 15) is 31.2 Å². The lowest BCUT2D eigenvalue weighted by molar-refractivity contribution is -0.136. The number of carbonyl (C=O) groups excluding carboxylic acids is 2. The Bertz CT molecular complexity index is 615. The lowest BCUT2D eigenvalue weighted by Crippen LogP contribution is -2.45. The molecule has 0 radical (unpaired) electrons. The fourth-order valence-corrected chi connectivity index (χ4v) is 3.96. The third-order valence-corrected chi connectivity index (χ3v) is 5.08. The van der Waals surface area contributed by atoms with Crippen molar-refractivity contribution in [2.45, 2.75) is 31.5 Å². The molecular weight excluding hydrogens is 327 g/mol. The van der Waals surface area contributed by atoms with Crippen molar-refractivity contribution in [2.75, 3.05) is 18.1 Å². The minimum Gasteiger partial charge on any atom is -0.342 e. The lowest BCUT2D eigenvalue weighted by Gasteiger charge is -2.27. The van der Waals surface area contributed by atoms with Crippen LogP contribution in [0.5, 0.6) is 0 Å². The summed E-state index contributed by atoms with van der Waals surface area (Å²) in [6.07, 6.45) is -4.50. The van der Waals surface area contributed by atoms with Gasteiger partial charge in [-0.05, 0) is 6.42 Å². The molecule has 0 spiro atoms. The van der Waals surface area contributed by atoms with Crippen molar-refractivity contribution >= 4 is 27.4 Å². The van der Waals surface area contributed by atoms with Crippen LogP contribution < -0.4 is 5.32 Å². The molecule has 2 aliphatic heterocycles. The zero-order valence-corrected chi connectivity index (χ0v) is 12.2. The molecule has 0 aromatic heterocycles. The molecule has 0 bridgehead atoms. The van der Waals surface area contributed by atoms with E-state index in [1.165, 1.54) is 0 Å². The maximum Gasteiger partial charge on any atom is 0.405 e. The van der Waals surface area contributed by atoms with Gasteiger partial charge >= 0.3 is 6.18 Å². The third-order valence-electron chi connectivity index (χ3n) is 3.33. The number of sulfone groups is 1. The van der Waals surface area contributed by atoms with Gasteiger partial charge in [0, 0.05) is 12.8 Å². The fraction of sp³-hybridized carbons (Fsp3) is 0.727. The number of amides is 2. The van der Waals surface area contributed by atoms with Gasteiger partial charge in [0.2, 0.25) is 5.91 Å². The van der Waals surface area contributed by atoms with Crippen molar-refractivity contribution in [3.05, 3.63) is 0 Å². The van der Waals surface area contributed by atoms with Crippen LogP contribution in [0.4, 0.5) is 13.2 Å². The Kier molecular flexibility index (Phi) is 4.45. The zero-order valence-electron chi connectivity index (χ0n) is 11.4. The van der Waals surface area contributed by atoms with E-state index >= 15 is 0 Å². The van der Waals surface area contributed by atoms with Gasteiger partial charge in [0.25, 0.3) is 5.91 Å². The number of hydrogen-bond acceptors (Lipinski definition) is 5. The predicted molar refractivity (Wildman–Crippen MR) is 69.6 cm³/mol. The molecule has 7 nitrogen and oxygen atoms in total. The molecule has 0 saturated carbocycles. The van der Waals surface area contributed by atoms with E-state index < -0.39 is 40.4 Å². The Morgan fingerprint density at radius 2 is 2.05 bits per heavy atom. The van der Waals surface area contributed by atoms with Crippen LogP contribution in [0.25, 0.3) is 0 Å². The second-order valence-electron chi connectivity index (χ2n) is 5.14. The quantitative estimate of drug-likeness (QED) is 0.771. The molecule has 11 heteroatoms. The van der Waals surface area contributed by atoms with E-state index in [1.807, 2.05) is 0 Å². The van der Waals surface area contributed by atoms with E-state index in [0.29, 0.717) is 0 Å². The molecular formula is C11H14F3N3O4S. The van der Waals surface area contributed by atoms with Gasteiger partial charge in [-0.15, -0.1) is 0 Å². The van der Waals surface area contributed by atoms with Crippen LogP contribution in [0, 0.1) is 0 Å². The first-order valence-electron chi connectivity index (χ1n) is 6.52. The second kappa shape index (κ2) is 5.86. The molecule has 2 heterocycles. The Labute approximate surface area is 124 Å². The highest BCUT2D eigenvalue weighted by atomic mass is 32.2. The van der Waals surface area contributed by atoms with Crippen LogP contribution in [-0.4, -0.2) is 61.2 Å². The van der Waals surface area contributed by atoms with Crippen LogP contribution in [0.2, 0.25) is 0 Å². The van der Waals surface area contributed by atoms with Gasteiger partial charge < -0.3 is 5.32 Å². The summed E-state index contributed by atoms with van der Waals surface area (Å²) < 4.78 is 59.1. The number of hydrogen-bond donors (Lipinski definition) is 1. The van der Waals surface area contributed by atoms with Crippen molar-refractivity contribution in [3.8, 4) is 0 Å². The Balaban J connectivity index is 2.08. The molecule has 0 aliphatic carbocycles. The first-order chi connectivity index (χ1) is 10.1. The maximum absolute atomic E-state index is 12.1. The predicted octanol–water partition coefficient (Wildman–Crippen LogP) is -0.170. The van der Waals surface area contributed by atoms with E-state index in [2.05, 4.69) is 5.10 Å². The smallest absolute Gasteiger partial charge is 0.342 e. The topological polar surface area (TPSA) is 95.9 Å². The molecule has 0 aromatic carbocycles. The summed E-state index contributed by atoms with van der Waals surface area (Å²) in [6, 6.07) is -0.664. The van der Waals surface area contributed by atoms with Crippen LogP contribution in [0.3, 0.4) is 0 Å². The summed E-state index contributed by atoms with van der Waals surface area (Å²) >= 11 is 0. The summed E-state index contributed by atoms with van der Waals surface area (Å²) in [4.78, 5) is 23.4. The molecule has 2 amide bonds. The molecule has 124 valence electrons. The number of halogens is 3. The monoisotopic (exact) mass is 341 g/mol. The minimum atomic E-state index is -4.54. The van der Waals surface area contributed by atoms with E-state index in [1.54, 1.807) is 5.32 Å². The van der Waals surface area contributed by atoms with E-state index in [0.717, 1.165) is 5.01 Å². The number of carbonyl (C=O) groups is 2. The average Bonchev–Trinajstić information content (AvgIpc) is 2.76. The second-order valence-corrected chi connectivity index (χ2v) is 7.37. The molecule has 2 aliphatic rings. The minimum absolute atomic E-state index is 0.0709. The molecule has 0 unspecified atom stereocenters. The summed E-state index contributed by atoms with van der Waals surface area (Å²) in [5.74, 6) is -1.77. The van der Waals surface area contributed by atoms with E-state index in [4.69, 9.17) is 0 Å². The largest absolute Gasteiger partial charge is 0.405 e. The Morgan fingerprint density at radius 1 is 1.36 bits per heavy atom. The Hall–Kier alpha value is -1.65. The molecule has 0 aromatic rings. The van der Waals surface area contributed by atoms with Gasteiger partial charge in [0.15, 0.2) is 9.84 Å². The highest BCUT2D eigenvalue weighted by molar-refractivity contribution is 7.91. The first-order valence-corrected chi connectivity index (χ1v) is 8.34. The summed E-state index contributed by atoms with van der Waals surface area (Å²) in [5, 5.41) is 6.38. The molecule has 1 atom stereocenters. The fourth-order valence-electron chi connectivity index (χ4n) is 2.27. The lowest BCUT2D eigenvalue weighted by atomic mass is 10.1. The maximum atomic E-state index is 12.1. The molecule has 22 heavy (non-hydrogen) atoms. The SMILES string of the molecule is O=C(NCC(F)(F)F)C1=NN([C@H]2CCS(=O)(=O)C2)C(=O)CC1. The van der Waals surface area contributed by atoms with Gasteiger partial charge in [0.05, 0.1) is 17.5 Å². The Morgan fingerprint density at radius 3 is 2.59 bits per heavy atom. The van der Waals surface area contributed by atoms with E-state index in [-0.39, 0.29) is 36.5 Å². The summed E-state index contributed by atoms with van der Waals surface area (Å²) in [5.41, 5.74) is -0.201. The van der Waals surface area contributed by atoms with Crippen LogP contribution in [0.15, 0.2) is 5.10 Å². The van der Waals surface area contributed by atoms with Crippen LogP contribution in [-0.2, 0) is 19.4 Å². The van der Waals surface area contributed by atoms with Gasteiger partial charge in [0.1, 0.15) is 12.3 Å². The van der Waals surface area contributed by atoms with Crippen molar-refractivity contribution in [1.29, 1.82) is 0 Å². The standard InChI is InChI=1S/C11H14F3N3O4S/c12-11(13,14)6-15-10(19)8-1-2-9(18)17(16-8)7-3-4-22(20,21)5-7/h7H,1-6H2,(H,15,19)/t7-/m0/s1. The molecule has 1 fully saturated rings. The first kappa shape index (κ1) is 16.7. The average molecular weight is 341 g/mol. The van der Waals surface area contributed by atoms with Crippen molar-refractivity contribution in [1.82, 2.24) is 10.3 Å². The molecule has 1 N–H and O–H groups in total. The van der Waals surface area contributed by atoms with Crippen molar-refractivity contribution < 1.29 is 31.2 Å². The van der Waals surface area contributed by atoms with Crippen molar-refractivity contribution in [2.24, 2.45) is 5.10 Å². The van der Waals surface area contributed by atoms with Crippen molar-refractivity contribution in [3.63, 3.8) is 0 Å². The summed E-state index contributed by atoms with van der Waals surface area (Å²) in [6.45, 7) is -1.49. The van der Waals surface area contributed by atoms with Gasteiger partial charge in [-0.2, -0.15) is 18.3 Å². The number of alkyl halides is 3. The third kappa shape index (κ3) is 4.18.